The molecule has 0 aromatic carbocycles. The van der Waals surface area contributed by atoms with Gasteiger partial charge < -0.3 is 9.80 Å². The van der Waals surface area contributed by atoms with Gasteiger partial charge in [0, 0.05) is 43.3 Å². The molecule has 0 spiro atoms. The van der Waals surface area contributed by atoms with Gasteiger partial charge in [-0.2, -0.15) is 0 Å². The van der Waals surface area contributed by atoms with Gasteiger partial charge in [0.05, 0.1) is 0 Å². The van der Waals surface area contributed by atoms with Crippen molar-refractivity contribution in [2.75, 3.05) is 26.2 Å². The fraction of sp³-hybridized carbons (Fsp3) is 1.00. The van der Waals surface area contributed by atoms with E-state index in [0.29, 0.717) is 0 Å². The van der Waals surface area contributed by atoms with E-state index in [1.807, 2.05) is 41.5 Å². The van der Waals surface area contributed by atoms with Gasteiger partial charge in [0.1, 0.15) is 0 Å². The van der Waals surface area contributed by atoms with Crippen molar-refractivity contribution in [2.45, 2.75) is 184 Å². The summed E-state index contributed by atoms with van der Waals surface area (Å²) in [5, 5.41) is 0. The highest BCUT2D eigenvalue weighted by Crippen LogP contribution is 2.37. The molecule has 0 radical (unpaired) electrons. The van der Waals surface area contributed by atoms with E-state index in [1.54, 1.807) is 0 Å². The molecule has 0 N–H and O–H groups in total. The third kappa shape index (κ3) is 13.2. The number of rotatable bonds is 3. The topological polar surface area (TPSA) is 9.72 Å². The Kier molecular flexibility index (Phi) is 21.6. The van der Waals surface area contributed by atoms with Gasteiger partial charge in [-0.25, -0.2) is 0 Å². The van der Waals surface area contributed by atoms with Crippen molar-refractivity contribution < 1.29 is 0 Å². The predicted molar refractivity (Wildman–Crippen MR) is 170 cm³/mol. The smallest absolute Gasteiger partial charge is 0.0101 e. The van der Waals surface area contributed by atoms with E-state index in [0.717, 1.165) is 42.0 Å². The van der Waals surface area contributed by atoms with Crippen molar-refractivity contribution in [3.05, 3.63) is 0 Å². The van der Waals surface area contributed by atoms with E-state index < -0.39 is 0 Å². The van der Waals surface area contributed by atoms with E-state index in [1.165, 1.54) is 96.8 Å². The molecule has 224 valence electrons. The van der Waals surface area contributed by atoms with E-state index in [4.69, 9.17) is 0 Å². The van der Waals surface area contributed by atoms with Crippen LogP contribution in [0.4, 0.5) is 0 Å². The molecule has 5 aliphatic rings. The molecular weight excluding hydrogens is 450 g/mol. The van der Waals surface area contributed by atoms with Crippen LogP contribution < -0.4 is 0 Å². The predicted octanol–water partition coefficient (Wildman–Crippen LogP) is 9.50. The highest BCUT2D eigenvalue weighted by atomic mass is 15.2. The normalized spacial score (nSPS) is 28.9. The Morgan fingerprint density at radius 2 is 0.892 bits per heavy atom. The molecule has 0 aromatic heterocycles. The highest BCUT2D eigenvalue weighted by molar-refractivity contribution is 4.93. The highest BCUT2D eigenvalue weighted by Gasteiger charge is 2.37. The zero-order chi connectivity index (χ0) is 28.4. The first-order valence-corrected chi connectivity index (χ1v) is 17.1. The van der Waals surface area contributed by atoms with Gasteiger partial charge in [-0.05, 0) is 124 Å². The second-order valence-electron chi connectivity index (χ2n) is 12.1. The van der Waals surface area contributed by atoms with Crippen LogP contribution in [0.2, 0.25) is 0 Å². The lowest BCUT2D eigenvalue weighted by atomic mass is 9.98. The molecule has 4 aliphatic heterocycles. The maximum Gasteiger partial charge on any atom is 0.0101 e. The summed E-state index contributed by atoms with van der Waals surface area (Å²) in [5.74, 6) is 2.10. The van der Waals surface area contributed by atoms with Crippen molar-refractivity contribution in [1.29, 1.82) is 0 Å². The molecule has 0 amide bonds. The van der Waals surface area contributed by atoms with Gasteiger partial charge in [0.25, 0.3) is 0 Å². The zero-order valence-electron chi connectivity index (χ0n) is 28.0. The first-order chi connectivity index (χ1) is 17.8. The Labute approximate surface area is 236 Å². The summed E-state index contributed by atoms with van der Waals surface area (Å²) in [7, 11) is 0. The zero-order valence-corrected chi connectivity index (χ0v) is 28.0. The van der Waals surface area contributed by atoms with E-state index in [-0.39, 0.29) is 0 Å². The summed E-state index contributed by atoms with van der Waals surface area (Å²) in [6.07, 6.45) is 16.2. The van der Waals surface area contributed by atoms with Gasteiger partial charge >= 0.3 is 0 Å². The van der Waals surface area contributed by atoms with Crippen molar-refractivity contribution in [3.8, 4) is 0 Å². The van der Waals surface area contributed by atoms with Crippen LogP contribution in [0.1, 0.15) is 154 Å². The molecule has 3 heteroatoms. The number of piperidine rings is 3. The van der Waals surface area contributed by atoms with Crippen LogP contribution in [0.3, 0.4) is 0 Å². The minimum Gasteiger partial charge on any atom is -0.301 e. The molecule has 5 rings (SSSR count). The minimum absolute atomic E-state index is 0.769. The monoisotopic (exact) mass is 524 g/mol. The summed E-state index contributed by atoms with van der Waals surface area (Å²) in [4.78, 5) is 7.97. The van der Waals surface area contributed by atoms with Crippen LogP contribution in [0.25, 0.3) is 0 Å². The van der Waals surface area contributed by atoms with Crippen molar-refractivity contribution >= 4 is 0 Å². The first kappa shape index (κ1) is 36.9. The summed E-state index contributed by atoms with van der Waals surface area (Å²) in [6, 6.07) is 4.24. The molecular formula is C34H73N3. The fourth-order valence-corrected chi connectivity index (χ4v) is 7.10. The molecule has 4 saturated heterocycles. The van der Waals surface area contributed by atoms with Crippen LogP contribution in [-0.2, 0) is 0 Å². The molecule has 1 aliphatic carbocycles. The van der Waals surface area contributed by atoms with Crippen molar-refractivity contribution in [1.82, 2.24) is 14.7 Å². The summed E-state index contributed by atoms with van der Waals surface area (Å²) in [5.41, 5.74) is 0. The molecule has 5 fully saturated rings. The maximum absolute atomic E-state index is 2.75. The summed E-state index contributed by atoms with van der Waals surface area (Å²) >= 11 is 0. The Morgan fingerprint density at radius 1 is 0.459 bits per heavy atom. The molecule has 4 atom stereocenters. The van der Waals surface area contributed by atoms with E-state index in [9.17, 15) is 0 Å². The molecule has 0 aromatic rings. The fourth-order valence-electron chi connectivity index (χ4n) is 7.10. The SMILES string of the molecule is CC.CC.CC.CC(C)N1C2CCCC1CC2.CC(C)N1CC2CCC(C2)C1.CC(C)N1CCCCC1. The lowest BCUT2D eigenvalue weighted by Crippen LogP contribution is -2.43. The molecule has 4 heterocycles. The van der Waals surface area contributed by atoms with E-state index >= 15 is 0 Å². The Bertz CT molecular complexity index is 469. The molecule has 3 nitrogen and oxygen atoms in total. The average Bonchev–Trinajstić information content (AvgIpc) is 3.41. The minimum atomic E-state index is 0.769. The van der Waals surface area contributed by atoms with Gasteiger partial charge in [0.15, 0.2) is 0 Å². The number of hydrogen-bond acceptors (Lipinski definition) is 3. The Hall–Kier alpha value is -0.120. The van der Waals surface area contributed by atoms with Gasteiger partial charge in [-0.3, -0.25) is 4.90 Å². The van der Waals surface area contributed by atoms with Crippen LogP contribution >= 0.6 is 0 Å². The summed E-state index contributed by atoms with van der Waals surface area (Å²) < 4.78 is 0. The van der Waals surface area contributed by atoms with Crippen LogP contribution in [0, 0.1) is 11.8 Å². The first-order valence-electron chi connectivity index (χ1n) is 17.1. The maximum atomic E-state index is 2.75. The second kappa shape index (κ2) is 21.7. The Balaban J connectivity index is 0.000000479. The van der Waals surface area contributed by atoms with Crippen molar-refractivity contribution in [3.63, 3.8) is 0 Å². The van der Waals surface area contributed by atoms with Gasteiger partial charge in [0.2, 0.25) is 0 Å². The van der Waals surface area contributed by atoms with Gasteiger partial charge in [-0.1, -0.05) is 54.4 Å². The van der Waals surface area contributed by atoms with Crippen LogP contribution in [0.5, 0.6) is 0 Å². The molecule has 4 bridgehead atoms. The molecule has 37 heavy (non-hydrogen) atoms. The average molecular weight is 524 g/mol. The lowest BCUT2D eigenvalue weighted by Gasteiger charge is -2.37. The second-order valence-corrected chi connectivity index (χ2v) is 12.1. The molecule has 4 unspecified atom stereocenters. The number of hydrogen-bond donors (Lipinski definition) is 0. The van der Waals surface area contributed by atoms with Crippen LogP contribution in [-0.4, -0.2) is 71.1 Å². The Morgan fingerprint density at radius 3 is 1.22 bits per heavy atom. The third-order valence-corrected chi connectivity index (χ3v) is 8.83. The standard InChI is InChI=1S/2C10H19N.C8H17N.3C2H6/c1-8(2)11-6-9-3-4-10(5-9)7-11;1-8(2)11-9-4-3-5-10(11)7-6-9;1-8(2)9-6-4-3-5-7-9;3*1-2/h2*8-10H,3-7H2,1-2H3;8H,3-7H2,1-2H3;3*1-2H3. The van der Waals surface area contributed by atoms with E-state index in [2.05, 4.69) is 56.2 Å². The quantitative estimate of drug-likeness (QED) is 0.364. The number of fused-ring (bicyclic) bond motifs is 4. The number of likely N-dealkylation sites (tertiary alicyclic amines) is 2. The lowest BCUT2D eigenvalue weighted by molar-refractivity contribution is 0.104. The largest absolute Gasteiger partial charge is 0.301 e. The summed E-state index contributed by atoms with van der Waals surface area (Å²) in [6.45, 7) is 31.3. The molecule has 1 saturated carbocycles. The third-order valence-electron chi connectivity index (χ3n) is 8.83. The number of nitrogens with zero attached hydrogens (tertiary/aromatic N) is 3. The van der Waals surface area contributed by atoms with Crippen molar-refractivity contribution in [2.24, 2.45) is 11.8 Å². The van der Waals surface area contributed by atoms with Crippen LogP contribution in [0.15, 0.2) is 0 Å². The van der Waals surface area contributed by atoms with Gasteiger partial charge in [-0.15, -0.1) is 0 Å².